The summed E-state index contributed by atoms with van der Waals surface area (Å²) < 4.78 is 0. The van der Waals surface area contributed by atoms with Crippen molar-refractivity contribution in [1.82, 2.24) is 9.88 Å². The Hall–Kier alpha value is -1.47. The normalized spacial score (nSPS) is 16.9. The quantitative estimate of drug-likeness (QED) is 0.805. The fraction of sp³-hybridized carbons (Fsp3) is 0.444. The van der Waals surface area contributed by atoms with Crippen molar-refractivity contribution in [2.75, 3.05) is 25.0 Å². The number of thiazole rings is 1. The molecule has 7 heteroatoms. The minimum absolute atomic E-state index is 0. The van der Waals surface area contributed by atoms with Crippen LogP contribution in [-0.2, 0) is 16.9 Å². The molecule has 0 amide bonds. The molecule has 1 aromatic heterocycles. The molecule has 0 aliphatic carbocycles. The van der Waals surface area contributed by atoms with E-state index >= 15 is 0 Å². The first-order valence-electron chi connectivity index (χ1n) is 8.23. The number of rotatable bonds is 6. The first-order chi connectivity index (χ1) is 11.5. The lowest BCUT2D eigenvalue weighted by atomic mass is 9.84. The Morgan fingerprint density at radius 2 is 2.00 bits per heavy atom. The van der Waals surface area contributed by atoms with Crippen LogP contribution in [0.15, 0.2) is 35.7 Å². The van der Waals surface area contributed by atoms with Gasteiger partial charge in [-0.2, -0.15) is 0 Å². The zero-order chi connectivity index (χ0) is 17.0. The van der Waals surface area contributed by atoms with Gasteiger partial charge in [-0.05, 0) is 25.3 Å². The van der Waals surface area contributed by atoms with Gasteiger partial charge in [-0.1, -0.05) is 30.3 Å². The number of ketones is 1. The van der Waals surface area contributed by atoms with E-state index in [1.807, 2.05) is 35.7 Å². The Morgan fingerprint density at radius 1 is 1.32 bits per heavy atom. The molecule has 25 heavy (non-hydrogen) atoms. The Morgan fingerprint density at radius 3 is 2.64 bits per heavy atom. The number of hydrogen-bond acceptors (Lipinski definition) is 6. The largest absolute Gasteiger partial charge is 0.385 e. The molecular weight excluding hydrogens is 358 g/mol. The number of Topliss-reactive ketones (excluding diaryl/α,β-unsaturated/α-hetero) is 1. The molecule has 1 saturated heterocycles. The second kappa shape index (κ2) is 8.76. The van der Waals surface area contributed by atoms with Crippen molar-refractivity contribution in [2.24, 2.45) is 0 Å². The number of likely N-dealkylation sites (tertiary alicyclic amines) is 1. The summed E-state index contributed by atoms with van der Waals surface area (Å²) in [5, 5.41) is 16.7. The SMILES string of the molecule is CC(=O)CNc1nc(CN2CCC(O)(c3ccccc3)CC2)cs1.Cl. The highest BCUT2D eigenvalue weighted by atomic mass is 35.5. The number of aliphatic hydroxyl groups is 1. The monoisotopic (exact) mass is 381 g/mol. The smallest absolute Gasteiger partial charge is 0.183 e. The summed E-state index contributed by atoms with van der Waals surface area (Å²) in [5.74, 6) is 0.1000. The van der Waals surface area contributed by atoms with Crippen molar-refractivity contribution in [1.29, 1.82) is 0 Å². The predicted octanol–water partition coefficient (Wildman–Crippen LogP) is 3.05. The fourth-order valence-corrected chi connectivity index (χ4v) is 3.71. The molecule has 136 valence electrons. The molecule has 5 nitrogen and oxygen atoms in total. The van der Waals surface area contributed by atoms with Crippen LogP contribution in [0.4, 0.5) is 5.13 Å². The van der Waals surface area contributed by atoms with Gasteiger partial charge in [0.2, 0.25) is 0 Å². The first-order valence-corrected chi connectivity index (χ1v) is 9.11. The molecule has 1 aliphatic rings. The topological polar surface area (TPSA) is 65.5 Å². The van der Waals surface area contributed by atoms with Crippen LogP contribution in [0.5, 0.6) is 0 Å². The third kappa shape index (κ3) is 5.25. The molecule has 0 saturated carbocycles. The van der Waals surface area contributed by atoms with E-state index in [4.69, 9.17) is 0 Å². The summed E-state index contributed by atoms with van der Waals surface area (Å²) in [6.45, 7) is 4.35. The summed E-state index contributed by atoms with van der Waals surface area (Å²) in [6.07, 6.45) is 1.47. The Balaban J connectivity index is 0.00000225. The van der Waals surface area contributed by atoms with Gasteiger partial charge in [0, 0.05) is 25.0 Å². The van der Waals surface area contributed by atoms with E-state index in [-0.39, 0.29) is 18.2 Å². The maximum absolute atomic E-state index is 11.0. The lowest BCUT2D eigenvalue weighted by Crippen LogP contribution is -2.42. The van der Waals surface area contributed by atoms with E-state index in [9.17, 15) is 9.90 Å². The highest BCUT2D eigenvalue weighted by Crippen LogP contribution is 2.33. The van der Waals surface area contributed by atoms with Crippen LogP contribution in [0, 0.1) is 0 Å². The van der Waals surface area contributed by atoms with Crippen molar-refractivity contribution < 1.29 is 9.90 Å². The summed E-state index contributed by atoms with van der Waals surface area (Å²) in [7, 11) is 0. The number of nitrogens with one attached hydrogen (secondary N) is 1. The van der Waals surface area contributed by atoms with Crippen LogP contribution >= 0.6 is 23.7 Å². The van der Waals surface area contributed by atoms with Crippen LogP contribution in [0.25, 0.3) is 0 Å². The minimum Gasteiger partial charge on any atom is -0.385 e. The van der Waals surface area contributed by atoms with Crippen molar-refractivity contribution in [3.63, 3.8) is 0 Å². The van der Waals surface area contributed by atoms with Gasteiger partial charge in [0.25, 0.3) is 0 Å². The number of benzene rings is 1. The van der Waals surface area contributed by atoms with Gasteiger partial charge in [0.05, 0.1) is 17.8 Å². The second-order valence-electron chi connectivity index (χ2n) is 6.37. The van der Waals surface area contributed by atoms with Gasteiger partial charge in [0.1, 0.15) is 5.78 Å². The van der Waals surface area contributed by atoms with E-state index in [0.717, 1.165) is 48.9 Å². The van der Waals surface area contributed by atoms with Crippen molar-refractivity contribution in [3.8, 4) is 0 Å². The summed E-state index contributed by atoms with van der Waals surface area (Å²) in [5.41, 5.74) is 1.30. The zero-order valence-corrected chi connectivity index (χ0v) is 15.9. The van der Waals surface area contributed by atoms with Gasteiger partial charge < -0.3 is 10.4 Å². The Labute approximate surface area is 158 Å². The van der Waals surface area contributed by atoms with Gasteiger partial charge in [-0.15, -0.1) is 23.7 Å². The maximum atomic E-state index is 11.0. The fourth-order valence-electron chi connectivity index (χ4n) is 3.01. The van der Waals surface area contributed by atoms with Crippen molar-refractivity contribution in [2.45, 2.75) is 31.9 Å². The first kappa shape index (κ1) is 19.8. The number of hydrogen-bond donors (Lipinski definition) is 2. The predicted molar refractivity (Wildman–Crippen MR) is 103 cm³/mol. The van der Waals surface area contributed by atoms with Crippen LogP contribution in [0.1, 0.15) is 31.0 Å². The van der Waals surface area contributed by atoms with Crippen LogP contribution < -0.4 is 5.32 Å². The van der Waals surface area contributed by atoms with Gasteiger partial charge in [-0.25, -0.2) is 4.98 Å². The number of anilines is 1. The standard InChI is InChI=1S/C18H23N3O2S.ClH/c1-14(22)11-19-17-20-16(13-24-17)12-21-9-7-18(23,8-10-21)15-5-3-2-4-6-15;/h2-6,13,23H,7-12H2,1H3,(H,19,20);1H. The maximum Gasteiger partial charge on any atom is 0.183 e. The highest BCUT2D eigenvalue weighted by molar-refractivity contribution is 7.13. The number of piperidine rings is 1. The molecule has 0 bridgehead atoms. The summed E-state index contributed by atoms with van der Waals surface area (Å²) in [4.78, 5) is 17.8. The average molecular weight is 382 g/mol. The number of halogens is 1. The highest BCUT2D eigenvalue weighted by Gasteiger charge is 2.33. The van der Waals surface area contributed by atoms with Crippen LogP contribution in [-0.4, -0.2) is 40.4 Å². The second-order valence-corrected chi connectivity index (χ2v) is 7.23. The number of nitrogens with zero attached hydrogens (tertiary/aromatic N) is 2. The van der Waals surface area contributed by atoms with Gasteiger partial charge in [-0.3, -0.25) is 9.69 Å². The van der Waals surface area contributed by atoms with Gasteiger partial charge >= 0.3 is 0 Å². The molecule has 2 heterocycles. The third-order valence-electron chi connectivity index (χ3n) is 4.42. The van der Waals surface area contributed by atoms with Crippen molar-refractivity contribution in [3.05, 3.63) is 47.0 Å². The molecule has 1 aliphatic heterocycles. The molecule has 0 radical (unpaired) electrons. The molecule has 3 rings (SSSR count). The molecule has 1 aromatic carbocycles. The lowest BCUT2D eigenvalue weighted by molar-refractivity contribution is -0.115. The molecule has 2 aromatic rings. The van der Waals surface area contributed by atoms with Crippen LogP contribution in [0.2, 0.25) is 0 Å². The van der Waals surface area contributed by atoms with Crippen LogP contribution in [0.3, 0.4) is 0 Å². The van der Waals surface area contributed by atoms with E-state index in [0.29, 0.717) is 6.54 Å². The van der Waals surface area contributed by atoms with E-state index in [1.54, 1.807) is 6.92 Å². The Kier molecular flexibility index (Phi) is 6.95. The van der Waals surface area contributed by atoms with E-state index in [2.05, 4.69) is 15.2 Å². The van der Waals surface area contributed by atoms with E-state index in [1.165, 1.54) is 11.3 Å². The molecule has 1 fully saturated rings. The Bertz CT molecular complexity index is 685. The van der Waals surface area contributed by atoms with E-state index < -0.39 is 5.60 Å². The summed E-state index contributed by atoms with van der Waals surface area (Å²) >= 11 is 1.53. The molecule has 2 N–H and O–H groups in total. The minimum atomic E-state index is -0.714. The zero-order valence-electron chi connectivity index (χ0n) is 14.3. The molecular formula is C18H24ClN3O2S. The third-order valence-corrected chi connectivity index (χ3v) is 5.27. The van der Waals surface area contributed by atoms with Crippen molar-refractivity contribution >= 4 is 34.7 Å². The number of carbonyl (C=O) groups excluding carboxylic acids is 1. The lowest BCUT2D eigenvalue weighted by Gasteiger charge is -2.38. The summed E-state index contributed by atoms with van der Waals surface area (Å²) in [6, 6.07) is 9.93. The number of carbonyl (C=O) groups is 1. The molecule has 0 unspecified atom stereocenters. The average Bonchev–Trinajstić information content (AvgIpc) is 3.04. The van der Waals surface area contributed by atoms with Gasteiger partial charge in [0.15, 0.2) is 5.13 Å². The molecule has 0 spiro atoms. The number of aromatic nitrogens is 1. The molecule has 0 atom stereocenters.